The summed E-state index contributed by atoms with van der Waals surface area (Å²) in [4.78, 5) is 16.1. The lowest BCUT2D eigenvalue weighted by Crippen LogP contribution is -2.32. The van der Waals surface area contributed by atoms with Crippen LogP contribution in [0.15, 0.2) is 53.7 Å². The number of hydrogen-bond donors (Lipinski definition) is 1. The zero-order chi connectivity index (χ0) is 21.6. The van der Waals surface area contributed by atoms with Crippen LogP contribution in [0, 0.1) is 0 Å². The number of carbonyl (C=O) groups is 1. The number of ether oxygens (including phenoxy) is 1. The third kappa shape index (κ3) is 3.21. The van der Waals surface area contributed by atoms with Crippen molar-refractivity contribution in [3.8, 4) is 0 Å². The van der Waals surface area contributed by atoms with Crippen LogP contribution >= 0.6 is 0 Å². The van der Waals surface area contributed by atoms with Crippen LogP contribution in [0.25, 0.3) is 22.1 Å². The summed E-state index contributed by atoms with van der Waals surface area (Å²) in [5.74, 6) is 0. The lowest BCUT2D eigenvalue weighted by Gasteiger charge is -2.13. The molecule has 0 unspecified atom stereocenters. The minimum Gasteiger partial charge on any atom is -0.453 e. The van der Waals surface area contributed by atoms with Crippen molar-refractivity contribution in [1.29, 1.82) is 0 Å². The maximum Gasteiger partial charge on any atom is 0.407 e. The molecule has 1 aliphatic carbocycles. The summed E-state index contributed by atoms with van der Waals surface area (Å²) in [5, 5.41) is 12.0. The lowest BCUT2D eigenvalue weighted by atomic mass is 10.2. The average Bonchev–Trinajstić information content (AvgIpc) is 3.51. The molecule has 0 radical (unpaired) electrons. The first kappa shape index (κ1) is 19.5. The number of pyridine rings is 1. The van der Waals surface area contributed by atoms with E-state index >= 15 is 0 Å². The second-order valence-electron chi connectivity index (χ2n) is 7.49. The number of aromatic nitrogens is 5. The molecule has 2 atom stereocenters. The van der Waals surface area contributed by atoms with Crippen molar-refractivity contribution in [2.75, 3.05) is 7.11 Å². The van der Waals surface area contributed by atoms with Crippen molar-refractivity contribution in [3.63, 3.8) is 0 Å². The van der Waals surface area contributed by atoms with Gasteiger partial charge in [-0.2, -0.15) is 0 Å². The van der Waals surface area contributed by atoms with Crippen molar-refractivity contribution >= 4 is 38.2 Å². The van der Waals surface area contributed by atoms with Gasteiger partial charge in [-0.15, -0.1) is 5.10 Å². The van der Waals surface area contributed by atoms with E-state index in [1.54, 1.807) is 36.4 Å². The fraction of sp³-hybridized carbons (Fsp3) is 0.300. The van der Waals surface area contributed by atoms with Gasteiger partial charge < -0.3 is 10.1 Å². The van der Waals surface area contributed by atoms with Gasteiger partial charge in [-0.05, 0) is 37.5 Å². The van der Waals surface area contributed by atoms with Crippen LogP contribution in [-0.2, 0) is 14.8 Å². The Morgan fingerprint density at radius 2 is 2.00 bits per heavy atom. The van der Waals surface area contributed by atoms with Crippen LogP contribution in [0.2, 0.25) is 0 Å². The van der Waals surface area contributed by atoms with Gasteiger partial charge in [-0.25, -0.2) is 26.9 Å². The highest BCUT2D eigenvalue weighted by Crippen LogP contribution is 2.34. The van der Waals surface area contributed by atoms with Crippen LogP contribution in [0.3, 0.4) is 0 Å². The summed E-state index contributed by atoms with van der Waals surface area (Å²) < 4.78 is 33.9. The van der Waals surface area contributed by atoms with E-state index in [1.165, 1.54) is 23.5 Å². The number of hydrogen-bond acceptors (Lipinski definition) is 7. The number of carbonyl (C=O) groups excluding carboxylic acids is 1. The lowest BCUT2D eigenvalue weighted by molar-refractivity contribution is 0.166. The minimum absolute atomic E-state index is 0.0166. The molecular weight excluding hydrogens is 420 g/mol. The Balaban J connectivity index is 1.56. The number of methoxy groups -OCH3 is 1. The van der Waals surface area contributed by atoms with E-state index in [0.29, 0.717) is 23.0 Å². The standard InChI is InChI=1S/C20H20N6O4S/c1-30-20(27)22-13-7-8-14(11-13)26-18-16-9-10-25(19(16)21-12-17(18)23-24-26)31(28,29)15-5-3-2-4-6-15/h2-6,9-10,12-14H,7-8,11H2,1H3,(H,22,27)/t13-,14-/m1/s1. The maximum absolute atomic E-state index is 13.1. The van der Waals surface area contributed by atoms with Crippen molar-refractivity contribution in [2.45, 2.75) is 36.2 Å². The zero-order valence-electron chi connectivity index (χ0n) is 16.7. The van der Waals surface area contributed by atoms with Crippen LogP contribution in [-0.4, -0.2) is 51.6 Å². The van der Waals surface area contributed by atoms with Gasteiger partial charge in [0.05, 0.1) is 24.2 Å². The van der Waals surface area contributed by atoms with Crippen molar-refractivity contribution in [1.82, 2.24) is 29.3 Å². The van der Waals surface area contributed by atoms with Gasteiger partial charge in [0, 0.05) is 17.6 Å². The Hall–Kier alpha value is -3.47. The molecule has 10 nitrogen and oxygen atoms in total. The first-order chi connectivity index (χ1) is 15.0. The summed E-state index contributed by atoms with van der Waals surface area (Å²) in [7, 11) is -2.45. The third-order valence-electron chi connectivity index (χ3n) is 5.67. The largest absolute Gasteiger partial charge is 0.453 e. The molecule has 11 heteroatoms. The van der Waals surface area contributed by atoms with Crippen molar-refractivity contribution in [3.05, 3.63) is 48.8 Å². The molecule has 4 aromatic rings. The quantitative estimate of drug-likeness (QED) is 0.517. The molecule has 3 aromatic heterocycles. The summed E-state index contributed by atoms with van der Waals surface area (Å²) in [6, 6.07) is 9.97. The Morgan fingerprint density at radius 3 is 2.77 bits per heavy atom. The predicted octanol–water partition coefficient (Wildman–Crippen LogP) is 2.47. The van der Waals surface area contributed by atoms with E-state index in [1.807, 2.05) is 4.68 Å². The number of benzene rings is 1. The molecule has 0 bridgehead atoms. The third-order valence-corrected chi connectivity index (χ3v) is 7.35. The number of fused-ring (bicyclic) bond motifs is 3. The van der Waals surface area contributed by atoms with Crippen LogP contribution < -0.4 is 5.32 Å². The fourth-order valence-electron chi connectivity index (χ4n) is 4.19. The molecule has 1 saturated carbocycles. The average molecular weight is 440 g/mol. The van der Waals surface area contributed by atoms with Gasteiger partial charge >= 0.3 is 6.09 Å². The molecule has 1 fully saturated rings. The van der Waals surface area contributed by atoms with Crippen LogP contribution in [0.1, 0.15) is 25.3 Å². The minimum atomic E-state index is -3.79. The van der Waals surface area contributed by atoms with E-state index in [2.05, 4.69) is 25.3 Å². The van der Waals surface area contributed by atoms with Gasteiger partial charge in [-0.3, -0.25) is 0 Å². The molecule has 1 amide bonds. The Kier molecular flexibility index (Phi) is 4.62. The summed E-state index contributed by atoms with van der Waals surface area (Å²) in [6.07, 6.45) is 4.87. The number of alkyl carbamates (subject to hydrolysis) is 1. The zero-order valence-corrected chi connectivity index (χ0v) is 17.5. The second-order valence-corrected chi connectivity index (χ2v) is 9.31. The smallest absolute Gasteiger partial charge is 0.407 e. The Morgan fingerprint density at radius 1 is 1.19 bits per heavy atom. The predicted molar refractivity (Wildman–Crippen MR) is 112 cm³/mol. The molecule has 0 aliphatic heterocycles. The molecule has 160 valence electrons. The highest BCUT2D eigenvalue weighted by molar-refractivity contribution is 7.90. The first-order valence-electron chi connectivity index (χ1n) is 9.85. The van der Waals surface area contributed by atoms with Crippen LogP contribution in [0.5, 0.6) is 0 Å². The SMILES string of the molecule is COC(=O)N[C@@H]1CC[C@@H](n2nnc3cnc4c(ccn4S(=O)(=O)c4ccccc4)c32)C1. The monoisotopic (exact) mass is 440 g/mol. The number of rotatable bonds is 4. The number of nitrogens with one attached hydrogen (secondary N) is 1. The summed E-state index contributed by atoms with van der Waals surface area (Å²) in [6.45, 7) is 0. The maximum atomic E-state index is 13.1. The molecule has 0 saturated heterocycles. The van der Waals surface area contributed by atoms with Gasteiger partial charge in [0.15, 0.2) is 5.65 Å². The molecule has 1 aromatic carbocycles. The second kappa shape index (κ2) is 7.34. The Bertz CT molecular complexity index is 1380. The van der Waals surface area contributed by atoms with E-state index in [0.717, 1.165) is 18.4 Å². The first-order valence-corrected chi connectivity index (χ1v) is 11.3. The highest BCUT2D eigenvalue weighted by Gasteiger charge is 2.30. The van der Waals surface area contributed by atoms with Crippen LogP contribution in [0.4, 0.5) is 4.79 Å². The molecule has 31 heavy (non-hydrogen) atoms. The van der Waals surface area contributed by atoms with E-state index in [4.69, 9.17) is 0 Å². The van der Waals surface area contributed by atoms with Gasteiger partial charge in [0.1, 0.15) is 11.0 Å². The molecule has 1 N–H and O–H groups in total. The van der Waals surface area contributed by atoms with E-state index in [-0.39, 0.29) is 17.0 Å². The van der Waals surface area contributed by atoms with Crippen molar-refractivity contribution in [2.24, 2.45) is 0 Å². The number of amides is 1. The van der Waals surface area contributed by atoms with Gasteiger partial charge in [-0.1, -0.05) is 23.4 Å². The molecule has 0 spiro atoms. The molecular formula is C20H20N6O4S. The molecule has 5 rings (SSSR count). The molecule has 1 aliphatic rings. The van der Waals surface area contributed by atoms with E-state index < -0.39 is 16.1 Å². The molecule has 3 heterocycles. The highest BCUT2D eigenvalue weighted by atomic mass is 32.2. The van der Waals surface area contributed by atoms with Crippen molar-refractivity contribution < 1.29 is 17.9 Å². The number of nitrogens with zero attached hydrogens (tertiary/aromatic N) is 5. The van der Waals surface area contributed by atoms with Gasteiger partial charge in [0.25, 0.3) is 10.0 Å². The fourth-order valence-corrected chi connectivity index (χ4v) is 5.51. The normalized spacial score (nSPS) is 19.1. The van der Waals surface area contributed by atoms with Gasteiger partial charge in [0.2, 0.25) is 0 Å². The van der Waals surface area contributed by atoms with E-state index in [9.17, 15) is 13.2 Å². The Labute approximate surface area is 177 Å². The topological polar surface area (TPSA) is 121 Å². The summed E-state index contributed by atoms with van der Waals surface area (Å²) in [5.41, 5.74) is 1.64. The summed E-state index contributed by atoms with van der Waals surface area (Å²) >= 11 is 0.